The summed E-state index contributed by atoms with van der Waals surface area (Å²) in [5.74, 6) is 0. The monoisotopic (exact) mass is 259 g/mol. The van der Waals surface area contributed by atoms with Crippen molar-refractivity contribution in [2.75, 3.05) is 0 Å². The van der Waals surface area contributed by atoms with Crippen LogP contribution < -0.4 is 0 Å². The first-order valence-electron chi connectivity index (χ1n) is 4.40. The van der Waals surface area contributed by atoms with Crippen LogP contribution in [0.4, 0.5) is 0 Å². The Hall–Kier alpha value is -0.630. The number of halogens is 3. The van der Waals surface area contributed by atoms with Crippen molar-refractivity contribution in [2.24, 2.45) is 0 Å². The van der Waals surface area contributed by atoms with E-state index in [1.807, 2.05) is 35.0 Å². The Labute approximate surface area is 103 Å². The van der Waals surface area contributed by atoms with Crippen molar-refractivity contribution < 1.29 is 0 Å². The molecule has 1 heterocycles. The second kappa shape index (κ2) is 4.48. The Morgan fingerprint density at radius 2 is 2.13 bits per heavy atom. The van der Waals surface area contributed by atoms with Gasteiger partial charge in [0.15, 0.2) is 0 Å². The molecule has 0 fully saturated rings. The van der Waals surface area contributed by atoms with E-state index in [0.717, 1.165) is 15.9 Å². The van der Waals surface area contributed by atoms with E-state index in [4.69, 9.17) is 34.8 Å². The maximum absolute atomic E-state index is 6.05. The van der Waals surface area contributed by atoms with E-state index in [1.165, 1.54) is 5.54 Å². The molecule has 0 aliphatic heterocycles. The number of allylic oxidation sites excluding steroid dienone is 1. The highest BCUT2D eigenvalue weighted by Crippen LogP contribution is 2.25. The van der Waals surface area contributed by atoms with E-state index < -0.39 is 0 Å². The number of rotatable bonds is 2. The zero-order valence-electron chi connectivity index (χ0n) is 7.75. The van der Waals surface area contributed by atoms with Crippen molar-refractivity contribution in [3.63, 3.8) is 0 Å². The molecule has 0 unspecified atom stereocenters. The molecule has 1 aromatic carbocycles. The second-order valence-electron chi connectivity index (χ2n) is 3.17. The third-order valence-electron chi connectivity index (χ3n) is 2.20. The average Bonchev–Trinajstić information content (AvgIpc) is 2.63. The molecule has 0 atom stereocenters. The van der Waals surface area contributed by atoms with E-state index in [9.17, 15) is 0 Å². The summed E-state index contributed by atoms with van der Waals surface area (Å²) >= 11 is 17.4. The largest absolute Gasteiger partial charge is 0.342 e. The van der Waals surface area contributed by atoms with Crippen LogP contribution in [-0.2, 0) is 6.54 Å². The van der Waals surface area contributed by atoms with Crippen molar-refractivity contribution in [2.45, 2.75) is 6.54 Å². The van der Waals surface area contributed by atoms with Crippen LogP contribution in [0.2, 0.25) is 5.02 Å². The highest BCUT2D eigenvalue weighted by molar-refractivity contribution is 6.36. The van der Waals surface area contributed by atoms with E-state index >= 15 is 0 Å². The molecule has 0 aliphatic carbocycles. The smallest absolute Gasteiger partial charge is 0.0592 e. The molecule has 0 amide bonds. The minimum atomic E-state index is 0.564. The lowest BCUT2D eigenvalue weighted by molar-refractivity contribution is 0.852. The summed E-state index contributed by atoms with van der Waals surface area (Å²) < 4.78 is 2.00. The van der Waals surface area contributed by atoms with Gasteiger partial charge in [0, 0.05) is 32.7 Å². The van der Waals surface area contributed by atoms with Gasteiger partial charge in [0.05, 0.1) is 6.54 Å². The summed E-state index contributed by atoms with van der Waals surface area (Å²) in [7, 11) is 0. The SMILES string of the molecule is Cl/C=C(/Cl)Cn1ccc2c(Cl)cccc21. The fourth-order valence-corrected chi connectivity index (χ4v) is 1.95. The highest BCUT2D eigenvalue weighted by atomic mass is 35.5. The Morgan fingerprint density at radius 3 is 2.87 bits per heavy atom. The van der Waals surface area contributed by atoms with Crippen LogP contribution in [0.5, 0.6) is 0 Å². The van der Waals surface area contributed by atoms with Gasteiger partial charge in [-0.3, -0.25) is 0 Å². The maximum atomic E-state index is 6.05. The van der Waals surface area contributed by atoms with Crippen molar-refractivity contribution in [3.05, 3.63) is 46.1 Å². The summed E-state index contributed by atoms with van der Waals surface area (Å²) in [5.41, 5.74) is 2.43. The molecule has 78 valence electrons. The van der Waals surface area contributed by atoms with Crippen LogP contribution >= 0.6 is 34.8 Å². The van der Waals surface area contributed by atoms with Gasteiger partial charge in [0.2, 0.25) is 0 Å². The third kappa shape index (κ3) is 2.15. The molecule has 0 radical (unpaired) electrons. The highest BCUT2D eigenvalue weighted by Gasteiger charge is 2.04. The average molecular weight is 261 g/mol. The minimum absolute atomic E-state index is 0.564. The number of nitrogens with zero attached hydrogens (tertiary/aromatic N) is 1. The van der Waals surface area contributed by atoms with Gasteiger partial charge in [0.1, 0.15) is 0 Å². The fourth-order valence-electron chi connectivity index (χ4n) is 1.52. The van der Waals surface area contributed by atoms with Crippen molar-refractivity contribution in [1.29, 1.82) is 0 Å². The fraction of sp³-hybridized carbons (Fsp3) is 0.0909. The standard InChI is InChI=1S/C11H8Cl3N/c12-6-8(13)7-15-5-4-9-10(14)2-1-3-11(9)15/h1-6H,7H2/b8-6+. The first kappa shape index (κ1) is 10.9. The topological polar surface area (TPSA) is 4.93 Å². The zero-order valence-corrected chi connectivity index (χ0v) is 10.0. The molecule has 1 nitrogen and oxygen atoms in total. The first-order valence-corrected chi connectivity index (χ1v) is 5.59. The van der Waals surface area contributed by atoms with Crippen molar-refractivity contribution in [1.82, 2.24) is 4.57 Å². The molecule has 0 spiro atoms. The number of hydrogen-bond acceptors (Lipinski definition) is 0. The number of aromatic nitrogens is 1. The number of hydrogen-bond donors (Lipinski definition) is 0. The van der Waals surface area contributed by atoms with Crippen LogP contribution in [0.1, 0.15) is 0 Å². The lowest BCUT2D eigenvalue weighted by Gasteiger charge is -2.03. The van der Waals surface area contributed by atoms with Crippen LogP contribution in [0, 0.1) is 0 Å². The summed E-state index contributed by atoms with van der Waals surface area (Å²) in [5, 5.41) is 2.37. The van der Waals surface area contributed by atoms with Gasteiger partial charge >= 0.3 is 0 Å². The number of fused-ring (bicyclic) bond motifs is 1. The molecular formula is C11H8Cl3N. The minimum Gasteiger partial charge on any atom is -0.342 e. The Bertz CT molecular complexity index is 514. The molecule has 2 rings (SSSR count). The van der Waals surface area contributed by atoms with E-state index in [0.29, 0.717) is 11.6 Å². The zero-order chi connectivity index (χ0) is 10.8. The quantitative estimate of drug-likeness (QED) is 0.743. The van der Waals surface area contributed by atoms with Crippen LogP contribution in [-0.4, -0.2) is 4.57 Å². The van der Waals surface area contributed by atoms with E-state index in [1.54, 1.807) is 0 Å². The summed E-state index contributed by atoms with van der Waals surface area (Å²) in [6.45, 7) is 0.564. The van der Waals surface area contributed by atoms with Crippen LogP contribution in [0.25, 0.3) is 10.9 Å². The predicted molar refractivity (Wildman–Crippen MR) is 66.7 cm³/mol. The third-order valence-corrected chi connectivity index (χ3v) is 3.13. The summed E-state index contributed by atoms with van der Waals surface area (Å²) in [4.78, 5) is 0. The summed E-state index contributed by atoms with van der Waals surface area (Å²) in [6.07, 6.45) is 1.94. The van der Waals surface area contributed by atoms with Crippen molar-refractivity contribution in [3.8, 4) is 0 Å². The molecule has 0 bridgehead atoms. The molecule has 4 heteroatoms. The van der Waals surface area contributed by atoms with Gasteiger partial charge in [0.25, 0.3) is 0 Å². The van der Waals surface area contributed by atoms with Crippen LogP contribution in [0.3, 0.4) is 0 Å². The van der Waals surface area contributed by atoms with Gasteiger partial charge in [-0.05, 0) is 18.2 Å². The molecular weight excluding hydrogens is 252 g/mol. The Kier molecular flexibility index (Phi) is 3.25. The number of benzene rings is 1. The van der Waals surface area contributed by atoms with E-state index in [-0.39, 0.29) is 0 Å². The molecule has 0 aliphatic rings. The molecule has 0 N–H and O–H groups in total. The van der Waals surface area contributed by atoms with Crippen LogP contribution in [0.15, 0.2) is 41.0 Å². The molecule has 2 aromatic rings. The Balaban J connectivity index is 2.50. The predicted octanol–water partition coefficient (Wildman–Crippen LogP) is 4.61. The van der Waals surface area contributed by atoms with Gasteiger partial charge < -0.3 is 4.57 Å². The molecule has 15 heavy (non-hydrogen) atoms. The Morgan fingerprint density at radius 1 is 1.33 bits per heavy atom. The van der Waals surface area contributed by atoms with Gasteiger partial charge in [-0.25, -0.2) is 0 Å². The molecule has 1 aromatic heterocycles. The lowest BCUT2D eigenvalue weighted by atomic mass is 10.2. The lowest BCUT2D eigenvalue weighted by Crippen LogP contribution is -1.95. The first-order chi connectivity index (χ1) is 7.22. The molecule has 0 saturated heterocycles. The van der Waals surface area contributed by atoms with E-state index in [2.05, 4.69) is 0 Å². The second-order valence-corrected chi connectivity index (χ2v) is 4.28. The van der Waals surface area contributed by atoms with Gasteiger partial charge in [-0.2, -0.15) is 0 Å². The van der Waals surface area contributed by atoms with Crippen molar-refractivity contribution >= 4 is 45.7 Å². The van der Waals surface area contributed by atoms with Gasteiger partial charge in [-0.1, -0.05) is 40.9 Å². The normalized spacial score (nSPS) is 12.3. The molecule has 0 saturated carbocycles. The summed E-state index contributed by atoms with van der Waals surface area (Å²) in [6, 6.07) is 7.75. The maximum Gasteiger partial charge on any atom is 0.0592 e. The van der Waals surface area contributed by atoms with Gasteiger partial charge in [-0.15, -0.1) is 0 Å².